The van der Waals surface area contributed by atoms with Gasteiger partial charge in [0.25, 0.3) is 5.91 Å². The molecule has 1 aromatic heterocycles. The van der Waals surface area contributed by atoms with Crippen LogP contribution in [0.4, 0.5) is 5.69 Å². The molecule has 190 valence electrons. The standard InChI is InChI=1S/C32H34N2O3/c1-3-23-8-10-26(11-9-23)37-27-19-22(2)18-25(20-27)32(35)34-30-12-13-31(29-7-5-4-6-28(29)30)36-21-24-14-16-33-17-15-24/h4-7,12-20,23,26H,3,8-11,21H2,1-2H3,(H,34,35). The minimum Gasteiger partial charge on any atom is -0.490 e. The maximum absolute atomic E-state index is 13.3. The Bertz CT molecular complexity index is 1360. The van der Waals surface area contributed by atoms with Crippen LogP contribution in [0.3, 0.4) is 0 Å². The van der Waals surface area contributed by atoms with Crippen LogP contribution in [0.15, 0.2) is 79.1 Å². The molecule has 0 spiro atoms. The molecule has 5 heteroatoms. The summed E-state index contributed by atoms with van der Waals surface area (Å²) in [5.74, 6) is 2.21. The van der Waals surface area contributed by atoms with Crippen LogP contribution >= 0.6 is 0 Å². The molecule has 1 heterocycles. The van der Waals surface area contributed by atoms with E-state index in [1.54, 1.807) is 12.4 Å². The van der Waals surface area contributed by atoms with Gasteiger partial charge in [-0.2, -0.15) is 0 Å². The number of fused-ring (bicyclic) bond motifs is 1. The topological polar surface area (TPSA) is 60.5 Å². The molecule has 0 saturated heterocycles. The van der Waals surface area contributed by atoms with Gasteiger partial charge in [0.05, 0.1) is 6.10 Å². The third kappa shape index (κ3) is 6.11. The molecule has 1 aliphatic carbocycles. The highest BCUT2D eigenvalue weighted by atomic mass is 16.5. The molecule has 5 rings (SSSR count). The molecule has 0 unspecified atom stereocenters. The van der Waals surface area contributed by atoms with E-state index in [1.165, 1.54) is 19.3 Å². The maximum atomic E-state index is 13.3. The predicted octanol–water partition coefficient (Wildman–Crippen LogP) is 7.72. The lowest BCUT2D eigenvalue weighted by molar-refractivity contribution is 0.102. The van der Waals surface area contributed by atoms with Crippen molar-refractivity contribution in [3.8, 4) is 11.5 Å². The number of aromatic nitrogens is 1. The molecule has 1 aliphatic rings. The van der Waals surface area contributed by atoms with Gasteiger partial charge in [-0.15, -0.1) is 0 Å². The van der Waals surface area contributed by atoms with Crippen molar-refractivity contribution in [1.29, 1.82) is 0 Å². The Morgan fingerprint density at radius 2 is 1.70 bits per heavy atom. The number of carbonyl (C=O) groups is 1. The zero-order valence-corrected chi connectivity index (χ0v) is 21.6. The summed E-state index contributed by atoms with van der Waals surface area (Å²) in [6, 6.07) is 21.4. The van der Waals surface area contributed by atoms with Crippen molar-refractivity contribution >= 4 is 22.4 Å². The Balaban J connectivity index is 1.32. The van der Waals surface area contributed by atoms with Crippen molar-refractivity contribution in [2.45, 2.75) is 58.7 Å². The Morgan fingerprint density at radius 1 is 0.946 bits per heavy atom. The summed E-state index contributed by atoms with van der Waals surface area (Å²) < 4.78 is 12.4. The lowest BCUT2D eigenvalue weighted by Gasteiger charge is -2.28. The summed E-state index contributed by atoms with van der Waals surface area (Å²) in [4.78, 5) is 17.4. The Morgan fingerprint density at radius 3 is 2.46 bits per heavy atom. The zero-order chi connectivity index (χ0) is 25.6. The highest BCUT2D eigenvalue weighted by molar-refractivity contribution is 6.10. The molecular weight excluding hydrogens is 460 g/mol. The van der Waals surface area contributed by atoms with Crippen LogP contribution in [0.1, 0.15) is 60.5 Å². The van der Waals surface area contributed by atoms with Crippen LogP contribution in [0, 0.1) is 12.8 Å². The zero-order valence-electron chi connectivity index (χ0n) is 21.6. The quantitative estimate of drug-likeness (QED) is 0.272. The Kier molecular flexibility index (Phi) is 7.69. The number of carbonyl (C=O) groups excluding carboxylic acids is 1. The number of ether oxygens (including phenoxy) is 2. The summed E-state index contributed by atoms with van der Waals surface area (Å²) in [5.41, 5.74) is 3.40. The van der Waals surface area contributed by atoms with E-state index >= 15 is 0 Å². The molecule has 1 amide bonds. The number of nitrogens with one attached hydrogen (secondary N) is 1. The monoisotopic (exact) mass is 494 g/mol. The van der Waals surface area contributed by atoms with Gasteiger partial charge < -0.3 is 14.8 Å². The Labute approximate surface area is 218 Å². The van der Waals surface area contributed by atoms with Gasteiger partial charge in [0, 0.05) is 34.4 Å². The lowest BCUT2D eigenvalue weighted by Crippen LogP contribution is -2.24. The first-order valence-electron chi connectivity index (χ1n) is 13.2. The van der Waals surface area contributed by atoms with Crippen molar-refractivity contribution in [3.63, 3.8) is 0 Å². The number of rotatable bonds is 8. The highest BCUT2D eigenvalue weighted by Gasteiger charge is 2.22. The maximum Gasteiger partial charge on any atom is 0.255 e. The van der Waals surface area contributed by atoms with Gasteiger partial charge >= 0.3 is 0 Å². The van der Waals surface area contributed by atoms with Crippen LogP contribution < -0.4 is 14.8 Å². The third-order valence-corrected chi connectivity index (χ3v) is 7.26. The minimum atomic E-state index is -0.154. The second kappa shape index (κ2) is 11.5. The van der Waals surface area contributed by atoms with Gasteiger partial charge in [-0.3, -0.25) is 9.78 Å². The first kappa shape index (κ1) is 24.8. The molecule has 1 fully saturated rings. The number of pyridine rings is 1. The van der Waals surface area contributed by atoms with Crippen LogP contribution in [0.2, 0.25) is 0 Å². The van der Waals surface area contributed by atoms with Gasteiger partial charge in [-0.25, -0.2) is 0 Å². The van der Waals surface area contributed by atoms with Gasteiger partial charge in [0.2, 0.25) is 0 Å². The van der Waals surface area contributed by atoms with E-state index < -0.39 is 0 Å². The molecule has 0 aliphatic heterocycles. The number of amides is 1. The predicted molar refractivity (Wildman–Crippen MR) is 148 cm³/mol. The van der Waals surface area contributed by atoms with Crippen molar-refractivity contribution < 1.29 is 14.3 Å². The second-order valence-electron chi connectivity index (χ2n) is 9.96. The SMILES string of the molecule is CCC1CCC(Oc2cc(C)cc(C(=O)Nc3ccc(OCc4ccncc4)c4ccccc34)c2)CC1. The summed E-state index contributed by atoms with van der Waals surface area (Å²) in [6.45, 7) is 4.72. The number of nitrogens with zero attached hydrogens (tertiary/aromatic N) is 1. The van der Waals surface area contributed by atoms with Gasteiger partial charge in [-0.05, 0) is 92.1 Å². The van der Waals surface area contributed by atoms with Crippen molar-refractivity contribution in [2.24, 2.45) is 5.92 Å². The fourth-order valence-electron chi connectivity index (χ4n) is 5.14. The molecule has 5 nitrogen and oxygen atoms in total. The van der Waals surface area contributed by atoms with Crippen molar-refractivity contribution in [2.75, 3.05) is 5.32 Å². The second-order valence-corrected chi connectivity index (χ2v) is 9.96. The average molecular weight is 495 g/mol. The van der Waals surface area contributed by atoms with Crippen LogP contribution in [0.5, 0.6) is 11.5 Å². The smallest absolute Gasteiger partial charge is 0.255 e. The normalized spacial score (nSPS) is 17.4. The van der Waals surface area contributed by atoms with E-state index in [4.69, 9.17) is 9.47 Å². The average Bonchev–Trinajstić information content (AvgIpc) is 2.93. The summed E-state index contributed by atoms with van der Waals surface area (Å²) in [7, 11) is 0. The Hall–Kier alpha value is -3.86. The van der Waals surface area contributed by atoms with Crippen molar-refractivity contribution in [3.05, 3.63) is 95.8 Å². The molecule has 0 atom stereocenters. The third-order valence-electron chi connectivity index (χ3n) is 7.26. The van der Waals surface area contributed by atoms with E-state index in [9.17, 15) is 4.79 Å². The fourth-order valence-corrected chi connectivity index (χ4v) is 5.14. The van der Waals surface area contributed by atoms with Crippen LogP contribution in [-0.2, 0) is 6.61 Å². The van der Waals surface area contributed by atoms with Crippen LogP contribution in [-0.4, -0.2) is 17.0 Å². The fraction of sp³-hybridized carbons (Fsp3) is 0.312. The molecule has 37 heavy (non-hydrogen) atoms. The number of hydrogen-bond acceptors (Lipinski definition) is 4. The first-order chi connectivity index (χ1) is 18.1. The molecule has 1 N–H and O–H groups in total. The molecule has 3 aromatic carbocycles. The first-order valence-corrected chi connectivity index (χ1v) is 13.2. The molecule has 0 bridgehead atoms. The van der Waals surface area contributed by atoms with Crippen molar-refractivity contribution in [1.82, 2.24) is 4.98 Å². The molecule has 0 radical (unpaired) electrons. The molecule has 1 saturated carbocycles. The number of aryl methyl sites for hydroxylation is 1. The molecule has 4 aromatic rings. The van der Waals surface area contributed by atoms with E-state index in [2.05, 4.69) is 17.2 Å². The highest BCUT2D eigenvalue weighted by Crippen LogP contribution is 2.33. The summed E-state index contributed by atoms with van der Waals surface area (Å²) >= 11 is 0. The van der Waals surface area contributed by atoms with E-state index in [0.717, 1.165) is 57.8 Å². The number of hydrogen-bond donors (Lipinski definition) is 1. The number of anilines is 1. The van der Waals surface area contributed by atoms with Gasteiger partial charge in [0.15, 0.2) is 0 Å². The summed E-state index contributed by atoms with van der Waals surface area (Å²) in [6.07, 6.45) is 9.58. The minimum absolute atomic E-state index is 0.154. The van der Waals surface area contributed by atoms with Gasteiger partial charge in [0.1, 0.15) is 18.1 Å². The van der Waals surface area contributed by atoms with Gasteiger partial charge in [-0.1, -0.05) is 37.6 Å². The van der Waals surface area contributed by atoms with E-state index in [-0.39, 0.29) is 12.0 Å². The lowest BCUT2D eigenvalue weighted by atomic mass is 9.86. The summed E-state index contributed by atoms with van der Waals surface area (Å²) in [5, 5.41) is 5.00. The molecular formula is C32H34N2O3. The van der Waals surface area contributed by atoms with E-state index in [1.807, 2.05) is 73.7 Å². The van der Waals surface area contributed by atoms with Crippen LogP contribution in [0.25, 0.3) is 10.8 Å². The largest absolute Gasteiger partial charge is 0.490 e. The number of benzene rings is 3. The van der Waals surface area contributed by atoms with E-state index in [0.29, 0.717) is 12.2 Å².